The molecule has 0 aliphatic heterocycles. The van der Waals surface area contributed by atoms with Gasteiger partial charge in [0.05, 0.1) is 6.10 Å². The first kappa shape index (κ1) is 8.23. The number of hydrogen-bond acceptors (Lipinski definition) is 3. The van der Waals surface area contributed by atoms with Crippen LogP contribution in [0.15, 0.2) is 16.8 Å². The summed E-state index contributed by atoms with van der Waals surface area (Å²) in [6.07, 6.45) is 1.54. The van der Waals surface area contributed by atoms with Crippen LogP contribution in [0.1, 0.15) is 18.4 Å². The highest BCUT2D eigenvalue weighted by Gasteiger charge is 2.43. The molecule has 3 heteroatoms. The highest BCUT2D eigenvalue weighted by Crippen LogP contribution is 2.43. The van der Waals surface area contributed by atoms with Crippen LogP contribution in [0, 0.1) is 0 Å². The van der Waals surface area contributed by atoms with E-state index in [-0.39, 0.29) is 11.5 Å². The lowest BCUT2D eigenvalue weighted by Crippen LogP contribution is -2.49. The molecule has 0 saturated heterocycles. The fourth-order valence-corrected chi connectivity index (χ4v) is 2.71. The lowest BCUT2D eigenvalue weighted by atomic mass is 9.63. The maximum absolute atomic E-state index is 9.26. The molecule has 1 fully saturated rings. The molecule has 2 rings (SSSR count). The fourth-order valence-electron chi connectivity index (χ4n) is 1.93. The predicted octanol–water partition coefficient (Wildman–Crippen LogP) is 1.10. The Morgan fingerprint density at radius 2 is 2.42 bits per heavy atom. The van der Waals surface area contributed by atoms with E-state index >= 15 is 0 Å². The number of thiophene rings is 1. The second-order valence-electron chi connectivity index (χ2n) is 3.56. The van der Waals surface area contributed by atoms with Crippen molar-refractivity contribution in [3.63, 3.8) is 0 Å². The molecule has 0 atom stereocenters. The Kier molecular flexibility index (Phi) is 1.94. The van der Waals surface area contributed by atoms with Gasteiger partial charge in [0.1, 0.15) is 0 Å². The van der Waals surface area contributed by atoms with Crippen molar-refractivity contribution in [2.45, 2.75) is 24.4 Å². The smallest absolute Gasteiger partial charge is 0.0558 e. The van der Waals surface area contributed by atoms with Gasteiger partial charge >= 0.3 is 0 Å². The van der Waals surface area contributed by atoms with Gasteiger partial charge in [-0.15, -0.1) is 0 Å². The molecule has 0 bridgehead atoms. The van der Waals surface area contributed by atoms with E-state index < -0.39 is 0 Å². The molecule has 1 aliphatic rings. The van der Waals surface area contributed by atoms with Crippen molar-refractivity contribution in [2.24, 2.45) is 5.73 Å². The lowest BCUT2D eigenvalue weighted by molar-refractivity contribution is 0.0224. The van der Waals surface area contributed by atoms with Crippen molar-refractivity contribution in [3.05, 3.63) is 22.4 Å². The van der Waals surface area contributed by atoms with E-state index in [9.17, 15) is 5.11 Å². The number of rotatable bonds is 2. The highest BCUT2D eigenvalue weighted by atomic mass is 32.1. The van der Waals surface area contributed by atoms with Crippen LogP contribution in [0.4, 0.5) is 0 Å². The summed E-state index contributed by atoms with van der Waals surface area (Å²) in [7, 11) is 0. The zero-order valence-corrected chi connectivity index (χ0v) is 7.68. The quantitative estimate of drug-likeness (QED) is 0.721. The molecule has 0 unspecified atom stereocenters. The van der Waals surface area contributed by atoms with Crippen molar-refractivity contribution in [1.29, 1.82) is 0 Å². The molecule has 1 saturated carbocycles. The lowest BCUT2D eigenvalue weighted by Gasteiger charge is -2.44. The molecule has 3 N–H and O–H groups in total. The van der Waals surface area contributed by atoms with Crippen molar-refractivity contribution in [2.75, 3.05) is 6.54 Å². The van der Waals surface area contributed by atoms with Gasteiger partial charge in [-0.05, 0) is 35.2 Å². The average molecular weight is 183 g/mol. The molecule has 0 radical (unpaired) electrons. The third-order valence-corrected chi connectivity index (χ3v) is 3.46. The minimum Gasteiger partial charge on any atom is -0.393 e. The van der Waals surface area contributed by atoms with Crippen molar-refractivity contribution < 1.29 is 5.11 Å². The molecule has 1 aliphatic carbocycles. The molecular formula is C9H13NOS. The molecule has 1 heterocycles. The molecule has 0 spiro atoms. The predicted molar refractivity (Wildman–Crippen MR) is 50.3 cm³/mol. The third-order valence-electron chi connectivity index (χ3n) is 2.78. The van der Waals surface area contributed by atoms with Gasteiger partial charge in [-0.1, -0.05) is 0 Å². The van der Waals surface area contributed by atoms with Crippen LogP contribution in [0.2, 0.25) is 0 Å². The SMILES string of the molecule is NCC1(c2ccsc2)CC(O)C1. The van der Waals surface area contributed by atoms with E-state index in [2.05, 4.69) is 16.8 Å². The normalized spacial score (nSPS) is 34.7. The topological polar surface area (TPSA) is 46.2 Å². The number of aliphatic hydroxyl groups is 1. The van der Waals surface area contributed by atoms with Gasteiger partial charge in [-0.3, -0.25) is 0 Å². The summed E-state index contributed by atoms with van der Waals surface area (Å²) in [6.45, 7) is 0.654. The zero-order chi connectivity index (χ0) is 8.60. The van der Waals surface area contributed by atoms with Crippen LogP contribution >= 0.6 is 11.3 Å². The van der Waals surface area contributed by atoms with E-state index in [0.29, 0.717) is 6.54 Å². The molecule has 1 aromatic rings. The Labute approximate surface area is 76.0 Å². The highest BCUT2D eigenvalue weighted by molar-refractivity contribution is 7.08. The second kappa shape index (κ2) is 2.83. The largest absolute Gasteiger partial charge is 0.393 e. The van der Waals surface area contributed by atoms with Crippen LogP contribution in [0.3, 0.4) is 0 Å². The van der Waals surface area contributed by atoms with E-state index in [1.54, 1.807) is 11.3 Å². The Morgan fingerprint density at radius 1 is 1.67 bits per heavy atom. The molecule has 1 aromatic heterocycles. The maximum atomic E-state index is 9.26. The van der Waals surface area contributed by atoms with E-state index in [1.807, 2.05) is 0 Å². The first-order valence-corrected chi connectivity index (χ1v) is 5.12. The first-order chi connectivity index (χ1) is 5.77. The van der Waals surface area contributed by atoms with Gasteiger partial charge in [0.15, 0.2) is 0 Å². The van der Waals surface area contributed by atoms with Gasteiger partial charge in [-0.25, -0.2) is 0 Å². The minimum absolute atomic E-state index is 0.0966. The average Bonchev–Trinajstić information content (AvgIpc) is 2.50. The monoisotopic (exact) mass is 183 g/mol. The maximum Gasteiger partial charge on any atom is 0.0558 e. The first-order valence-electron chi connectivity index (χ1n) is 4.18. The summed E-state index contributed by atoms with van der Waals surface area (Å²) in [5.41, 5.74) is 7.12. The van der Waals surface area contributed by atoms with Crippen molar-refractivity contribution in [3.8, 4) is 0 Å². The van der Waals surface area contributed by atoms with Crippen molar-refractivity contribution in [1.82, 2.24) is 0 Å². The Hall–Kier alpha value is -0.380. The van der Waals surface area contributed by atoms with Gasteiger partial charge in [0.25, 0.3) is 0 Å². The summed E-state index contributed by atoms with van der Waals surface area (Å²) >= 11 is 1.70. The Balaban J connectivity index is 2.20. The van der Waals surface area contributed by atoms with Crippen LogP contribution in [0.5, 0.6) is 0 Å². The standard InChI is InChI=1S/C9H13NOS/c10-6-9(3-8(11)4-9)7-1-2-12-5-7/h1-2,5,8,11H,3-4,6,10H2. The van der Waals surface area contributed by atoms with Crippen LogP contribution in [-0.2, 0) is 5.41 Å². The summed E-state index contributed by atoms with van der Waals surface area (Å²) in [5, 5.41) is 13.5. The summed E-state index contributed by atoms with van der Waals surface area (Å²) in [5.74, 6) is 0. The molecule has 0 amide bonds. The molecule has 0 aromatic carbocycles. The number of aliphatic hydroxyl groups excluding tert-OH is 1. The van der Waals surface area contributed by atoms with Crippen molar-refractivity contribution >= 4 is 11.3 Å². The van der Waals surface area contributed by atoms with E-state index in [4.69, 9.17) is 5.73 Å². The molecule has 66 valence electrons. The molecular weight excluding hydrogens is 170 g/mol. The molecule has 12 heavy (non-hydrogen) atoms. The number of nitrogens with two attached hydrogens (primary N) is 1. The zero-order valence-electron chi connectivity index (χ0n) is 6.86. The van der Waals surface area contributed by atoms with Gasteiger partial charge < -0.3 is 10.8 Å². The third kappa shape index (κ3) is 1.09. The van der Waals surface area contributed by atoms with Gasteiger partial charge in [0.2, 0.25) is 0 Å². The summed E-state index contributed by atoms with van der Waals surface area (Å²) in [4.78, 5) is 0. The number of hydrogen-bond donors (Lipinski definition) is 2. The summed E-state index contributed by atoms with van der Waals surface area (Å²) < 4.78 is 0. The van der Waals surface area contributed by atoms with Gasteiger partial charge in [0, 0.05) is 12.0 Å². The Morgan fingerprint density at radius 3 is 2.83 bits per heavy atom. The second-order valence-corrected chi connectivity index (χ2v) is 4.34. The van der Waals surface area contributed by atoms with E-state index in [1.165, 1.54) is 5.56 Å². The van der Waals surface area contributed by atoms with E-state index in [0.717, 1.165) is 12.8 Å². The summed E-state index contributed by atoms with van der Waals surface area (Å²) in [6, 6.07) is 2.11. The van der Waals surface area contributed by atoms with Crippen LogP contribution in [-0.4, -0.2) is 17.8 Å². The molecule has 2 nitrogen and oxygen atoms in total. The fraction of sp³-hybridized carbons (Fsp3) is 0.556. The Bertz CT molecular complexity index is 252. The van der Waals surface area contributed by atoms with Crippen LogP contribution < -0.4 is 5.73 Å². The van der Waals surface area contributed by atoms with Crippen LogP contribution in [0.25, 0.3) is 0 Å². The minimum atomic E-state index is -0.131. The van der Waals surface area contributed by atoms with Gasteiger partial charge in [-0.2, -0.15) is 11.3 Å².